The fraction of sp³-hybridized carbons (Fsp3) is 0.133. The first-order chi connectivity index (χ1) is 11.4. The average Bonchev–Trinajstić information content (AvgIpc) is 3.04. The first kappa shape index (κ1) is 15.9. The number of fused-ring (bicyclic) bond motifs is 1. The van der Waals surface area contributed by atoms with Crippen LogP contribution in [-0.4, -0.2) is 38.0 Å². The third-order valence-corrected chi connectivity index (χ3v) is 4.48. The Bertz CT molecular complexity index is 1030. The average molecular weight is 347 g/mol. The van der Waals surface area contributed by atoms with Crippen molar-refractivity contribution < 1.29 is 22.6 Å². The predicted molar refractivity (Wildman–Crippen MR) is 85.9 cm³/mol. The molecule has 0 atom stereocenters. The second kappa shape index (κ2) is 5.93. The van der Waals surface area contributed by atoms with Crippen LogP contribution in [0, 0.1) is 0 Å². The summed E-state index contributed by atoms with van der Waals surface area (Å²) in [6, 6.07) is 8.99. The Morgan fingerprint density at radius 1 is 1.17 bits per heavy atom. The van der Waals surface area contributed by atoms with E-state index in [-0.39, 0.29) is 10.5 Å². The van der Waals surface area contributed by atoms with Gasteiger partial charge >= 0.3 is 0 Å². The quantitative estimate of drug-likeness (QED) is 0.767. The number of hydrogen-bond acceptors (Lipinski definition) is 7. The van der Waals surface area contributed by atoms with Gasteiger partial charge in [-0.15, -0.1) is 0 Å². The first-order valence-electron chi connectivity index (χ1n) is 6.81. The smallest absolute Gasteiger partial charge is 0.255 e. The number of hydrogen-bond donors (Lipinski definition) is 1. The summed E-state index contributed by atoms with van der Waals surface area (Å²) < 4.78 is 33.0. The topological polar surface area (TPSA) is 111 Å². The van der Waals surface area contributed by atoms with Crippen LogP contribution in [0.1, 0.15) is 10.4 Å². The van der Waals surface area contributed by atoms with E-state index in [4.69, 9.17) is 4.74 Å². The van der Waals surface area contributed by atoms with Gasteiger partial charge in [0.25, 0.3) is 5.91 Å². The molecule has 2 aromatic carbocycles. The van der Waals surface area contributed by atoms with Crippen molar-refractivity contribution in [2.45, 2.75) is 4.90 Å². The van der Waals surface area contributed by atoms with E-state index in [1.165, 1.54) is 31.4 Å². The maximum Gasteiger partial charge on any atom is 0.255 e. The molecule has 1 aromatic heterocycles. The minimum absolute atomic E-state index is 0.0677. The second-order valence-electron chi connectivity index (χ2n) is 5.03. The first-order valence-corrected chi connectivity index (χ1v) is 8.70. The number of ether oxygens (including phenoxy) is 1. The predicted octanol–water partition coefficient (Wildman–Crippen LogP) is 1.89. The molecule has 0 saturated carbocycles. The molecule has 1 heterocycles. The van der Waals surface area contributed by atoms with Crippen molar-refractivity contribution in [3.05, 3.63) is 42.0 Å². The Morgan fingerprint density at radius 3 is 2.62 bits per heavy atom. The van der Waals surface area contributed by atoms with Crippen LogP contribution in [0.15, 0.2) is 45.9 Å². The fourth-order valence-electron chi connectivity index (χ4n) is 2.17. The van der Waals surface area contributed by atoms with Crippen molar-refractivity contribution in [3.63, 3.8) is 0 Å². The highest BCUT2D eigenvalue weighted by atomic mass is 32.2. The van der Waals surface area contributed by atoms with Gasteiger partial charge in [-0.25, -0.2) is 13.0 Å². The van der Waals surface area contributed by atoms with Gasteiger partial charge in [0.15, 0.2) is 26.6 Å². The van der Waals surface area contributed by atoms with Crippen LogP contribution < -0.4 is 10.1 Å². The molecule has 1 N–H and O–H groups in total. The molecule has 0 saturated heterocycles. The van der Waals surface area contributed by atoms with Crippen molar-refractivity contribution in [1.82, 2.24) is 10.3 Å². The van der Waals surface area contributed by atoms with Gasteiger partial charge in [-0.3, -0.25) is 4.79 Å². The maximum absolute atomic E-state index is 12.4. The number of carbonyl (C=O) groups excluding carboxylic acids is 1. The molecule has 0 unspecified atom stereocenters. The van der Waals surface area contributed by atoms with Gasteiger partial charge in [0, 0.05) is 11.8 Å². The Balaban J connectivity index is 1.95. The third kappa shape index (κ3) is 2.93. The summed E-state index contributed by atoms with van der Waals surface area (Å²) in [6.07, 6.45) is 1.08. The monoisotopic (exact) mass is 347 g/mol. The van der Waals surface area contributed by atoms with Crippen LogP contribution in [0.4, 0.5) is 5.69 Å². The lowest BCUT2D eigenvalue weighted by Gasteiger charge is -2.08. The summed E-state index contributed by atoms with van der Waals surface area (Å²) in [5.41, 5.74) is 1.29. The molecular weight excluding hydrogens is 334 g/mol. The van der Waals surface area contributed by atoms with Crippen LogP contribution in [0.25, 0.3) is 11.0 Å². The fourth-order valence-corrected chi connectivity index (χ4v) is 2.84. The highest BCUT2D eigenvalue weighted by Gasteiger charge is 2.16. The SMILES string of the molecule is COc1ccc(NC(=O)c2cccc(S(C)(=O)=O)c2)c2nonc12. The van der Waals surface area contributed by atoms with Crippen molar-refractivity contribution in [2.75, 3.05) is 18.7 Å². The molecule has 0 bridgehead atoms. The highest BCUT2D eigenvalue weighted by molar-refractivity contribution is 7.90. The molecule has 1 amide bonds. The van der Waals surface area contributed by atoms with E-state index < -0.39 is 15.7 Å². The van der Waals surface area contributed by atoms with E-state index in [0.717, 1.165) is 6.26 Å². The minimum atomic E-state index is -3.40. The zero-order chi connectivity index (χ0) is 17.3. The normalized spacial score (nSPS) is 11.4. The molecule has 3 rings (SSSR count). The molecule has 24 heavy (non-hydrogen) atoms. The Hall–Kier alpha value is -2.94. The van der Waals surface area contributed by atoms with E-state index in [0.29, 0.717) is 22.5 Å². The molecule has 0 fully saturated rings. The van der Waals surface area contributed by atoms with Gasteiger partial charge in [0.1, 0.15) is 0 Å². The van der Waals surface area contributed by atoms with Gasteiger partial charge < -0.3 is 10.1 Å². The second-order valence-corrected chi connectivity index (χ2v) is 7.05. The van der Waals surface area contributed by atoms with Gasteiger partial charge in [-0.05, 0) is 40.6 Å². The van der Waals surface area contributed by atoms with Crippen molar-refractivity contribution in [2.24, 2.45) is 0 Å². The summed E-state index contributed by atoms with van der Waals surface area (Å²) in [7, 11) is -1.92. The summed E-state index contributed by atoms with van der Waals surface area (Å²) in [5, 5.41) is 10.2. The summed E-state index contributed by atoms with van der Waals surface area (Å²) in [4.78, 5) is 12.5. The standard InChI is InChI=1S/C15H13N3O5S/c1-22-12-7-6-11(13-14(12)18-23-17-13)16-15(19)9-4-3-5-10(8-9)24(2,20)21/h3-8H,1-2H3,(H,16,19). The zero-order valence-electron chi connectivity index (χ0n) is 12.8. The molecule has 3 aromatic rings. The minimum Gasteiger partial charge on any atom is -0.494 e. The maximum atomic E-state index is 12.4. The molecule has 0 aliphatic rings. The Labute approximate surface area is 137 Å². The van der Waals surface area contributed by atoms with E-state index in [9.17, 15) is 13.2 Å². The van der Waals surface area contributed by atoms with Gasteiger partial charge in [0.2, 0.25) is 0 Å². The van der Waals surface area contributed by atoms with Gasteiger partial charge in [-0.1, -0.05) is 6.07 Å². The number of aromatic nitrogens is 2. The number of carbonyl (C=O) groups is 1. The highest BCUT2D eigenvalue weighted by Crippen LogP contribution is 2.29. The van der Waals surface area contributed by atoms with Crippen LogP contribution in [0.3, 0.4) is 0 Å². The molecule has 9 heteroatoms. The van der Waals surface area contributed by atoms with E-state index in [1.807, 2.05) is 0 Å². The number of anilines is 1. The molecule has 0 aliphatic heterocycles. The lowest BCUT2D eigenvalue weighted by molar-refractivity contribution is 0.102. The van der Waals surface area contributed by atoms with E-state index >= 15 is 0 Å². The van der Waals surface area contributed by atoms with Crippen LogP contribution in [0.5, 0.6) is 5.75 Å². The summed E-state index contributed by atoms with van der Waals surface area (Å²) in [6.45, 7) is 0. The number of benzene rings is 2. The Kier molecular flexibility index (Phi) is 3.94. The van der Waals surface area contributed by atoms with Crippen LogP contribution in [-0.2, 0) is 9.84 Å². The largest absolute Gasteiger partial charge is 0.494 e. The molecular formula is C15H13N3O5S. The van der Waals surface area contributed by atoms with Crippen molar-refractivity contribution in [1.29, 1.82) is 0 Å². The number of nitrogens with zero attached hydrogens (tertiary/aromatic N) is 2. The third-order valence-electron chi connectivity index (χ3n) is 3.37. The van der Waals surface area contributed by atoms with Crippen molar-refractivity contribution in [3.8, 4) is 5.75 Å². The molecule has 8 nitrogen and oxygen atoms in total. The summed E-state index contributed by atoms with van der Waals surface area (Å²) in [5.74, 6) is -0.0155. The number of nitrogens with one attached hydrogen (secondary N) is 1. The summed E-state index contributed by atoms with van der Waals surface area (Å²) >= 11 is 0. The zero-order valence-corrected chi connectivity index (χ0v) is 13.6. The molecule has 0 aliphatic carbocycles. The van der Waals surface area contributed by atoms with E-state index in [2.05, 4.69) is 20.3 Å². The number of rotatable bonds is 4. The van der Waals surface area contributed by atoms with Gasteiger partial charge in [0.05, 0.1) is 17.7 Å². The number of methoxy groups -OCH3 is 1. The number of sulfone groups is 1. The lowest BCUT2D eigenvalue weighted by atomic mass is 10.2. The van der Waals surface area contributed by atoms with E-state index in [1.54, 1.807) is 12.1 Å². The van der Waals surface area contributed by atoms with Gasteiger partial charge in [-0.2, -0.15) is 0 Å². The lowest BCUT2D eigenvalue weighted by Crippen LogP contribution is -2.13. The molecule has 0 spiro atoms. The van der Waals surface area contributed by atoms with Crippen molar-refractivity contribution >= 4 is 32.5 Å². The van der Waals surface area contributed by atoms with Crippen LogP contribution in [0.2, 0.25) is 0 Å². The Morgan fingerprint density at radius 2 is 1.92 bits per heavy atom. The molecule has 0 radical (unpaired) electrons. The van der Waals surface area contributed by atoms with Crippen LogP contribution >= 0.6 is 0 Å². The molecule has 124 valence electrons. The number of amides is 1.